The van der Waals surface area contributed by atoms with Crippen molar-refractivity contribution in [3.63, 3.8) is 0 Å². The maximum Gasteiger partial charge on any atom is 0.326 e. The zero-order valence-electron chi connectivity index (χ0n) is 23.7. The predicted octanol–water partition coefficient (Wildman–Crippen LogP) is -0.0532. The fourth-order valence-corrected chi connectivity index (χ4v) is 3.89. The lowest BCUT2D eigenvalue weighted by Gasteiger charge is -2.29. The van der Waals surface area contributed by atoms with Crippen molar-refractivity contribution in [2.45, 2.75) is 84.0 Å². The van der Waals surface area contributed by atoms with Crippen LogP contribution < -0.4 is 33.2 Å². The fourth-order valence-electron chi connectivity index (χ4n) is 3.89. The van der Waals surface area contributed by atoms with Crippen molar-refractivity contribution < 1.29 is 29.4 Å². The molecule has 6 atom stereocenters. The number of guanidine groups is 1. The summed E-state index contributed by atoms with van der Waals surface area (Å²) in [5.41, 5.74) is 17.3. The van der Waals surface area contributed by atoms with Gasteiger partial charge in [-0.2, -0.15) is 0 Å². The summed E-state index contributed by atoms with van der Waals surface area (Å²) in [4.78, 5) is 55.2. The van der Waals surface area contributed by atoms with E-state index in [1.807, 2.05) is 13.8 Å². The second kappa shape index (κ2) is 17.0. The van der Waals surface area contributed by atoms with E-state index in [1.165, 1.54) is 12.1 Å². The lowest BCUT2D eigenvalue weighted by atomic mass is 9.94. The number of carboxylic acids is 1. The van der Waals surface area contributed by atoms with Gasteiger partial charge in [-0.25, -0.2) is 4.79 Å². The van der Waals surface area contributed by atoms with Crippen LogP contribution in [0.1, 0.15) is 58.9 Å². The van der Waals surface area contributed by atoms with E-state index in [-0.39, 0.29) is 36.4 Å². The molecule has 13 nitrogen and oxygen atoms in total. The van der Waals surface area contributed by atoms with Crippen molar-refractivity contribution in [1.82, 2.24) is 16.0 Å². The Bertz CT molecular complexity index is 1010. The lowest BCUT2D eigenvalue weighted by molar-refractivity contribution is -0.144. The largest absolute Gasteiger partial charge is 0.508 e. The average Bonchev–Trinajstić information content (AvgIpc) is 2.91. The Morgan fingerprint density at radius 1 is 0.875 bits per heavy atom. The third-order valence-electron chi connectivity index (χ3n) is 6.88. The summed E-state index contributed by atoms with van der Waals surface area (Å²) < 4.78 is 0. The molecule has 224 valence electrons. The third-order valence-corrected chi connectivity index (χ3v) is 6.88. The number of carbonyl (C=O) groups is 4. The Balaban J connectivity index is 3.13. The summed E-state index contributed by atoms with van der Waals surface area (Å²) in [7, 11) is 0. The van der Waals surface area contributed by atoms with Crippen molar-refractivity contribution in [2.24, 2.45) is 34.0 Å². The molecule has 11 N–H and O–H groups in total. The van der Waals surface area contributed by atoms with Crippen LogP contribution in [0, 0.1) is 11.8 Å². The molecule has 13 heteroatoms. The number of amides is 3. The molecule has 1 rings (SSSR count). The van der Waals surface area contributed by atoms with Crippen LogP contribution in [0.4, 0.5) is 0 Å². The molecule has 0 aromatic heterocycles. The van der Waals surface area contributed by atoms with Crippen molar-refractivity contribution in [2.75, 3.05) is 6.54 Å². The zero-order chi connectivity index (χ0) is 30.4. The number of carbonyl (C=O) groups excluding carboxylic acids is 3. The topological polar surface area (TPSA) is 235 Å². The van der Waals surface area contributed by atoms with Gasteiger partial charge in [0.1, 0.15) is 23.9 Å². The number of benzene rings is 1. The van der Waals surface area contributed by atoms with Crippen LogP contribution in [0.2, 0.25) is 0 Å². The molecule has 0 spiro atoms. The Morgan fingerprint density at radius 3 is 1.95 bits per heavy atom. The number of hydrogen-bond acceptors (Lipinski definition) is 7. The van der Waals surface area contributed by atoms with E-state index in [2.05, 4.69) is 20.9 Å². The van der Waals surface area contributed by atoms with Crippen LogP contribution in [-0.4, -0.2) is 70.6 Å². The van der Waals surface area contributed by atoms with Gasteiger partial charge in [-0.05, 0) is 42.4 Å². The number of nitrogens with two attached hydrogens (primary N) is 3. The summed E-state index contributed by atoms with van der Waals surface area (Å²) in [6, 6.07) is 1.92. The van der Waals surface area contributed by atoms with Gasteiger partial charge in [-0.15, -0.1) is 0 Å². The van der Waals surface area contributed by atoms with Crippen LogP contribution in [0.3, 0.4) is 0 Å². The molecule has 0 saturated carbocycles. The van der Waals surface area contributed by atoms with Gasteiger partial charge >= 0.3 is 5.97 Å². The standard InChI is InChI=1S/C27H45N7O6/c1-5-15(3)21(25(38)34-22(26(39)40)16(4)6-2)33-24(37)20(14-17-9-11-18(35)12-10-17)32-23(36)19(28)8-7-13-31-27(29)30/h9-12,15-16,19-22,35H,5-8,13-14,28H2,1-4H3,(H,32,36)(H,33,37)(H,34,38)(H,39,40)(H4,29,30,31). The maximum absolute atomic E-state index is 13.5. The van der Waals surface area contributed by atoms with Crippen molar-refractivity contribution in [1.29, 1.82) is 0 Å². The molecule has 0 radical (unpaired) electrons. The van der Waals surface area contributed by atoms with Crippen molar-refractivity contribution in [3.05, 3.63) is 29.8 Å². The van der Waals surface area contributed by atoms with E-state index in [0.29, 0.717) is 31.4 Å². The van der Waals surface area contributed by atoms with Gasteiger partial charge in [-0.1, -0.05) is 52.7 Å². The molecule has 0 aliphatic rings. The third kappa shape index (κ3) is 11.5. The number of aromatic hydroxyl groups is 1. The monoisotopic (exact) mass is 563 g/mol. The first-order chi connectivity index (χ1) is 18.8. The van der Waals surface area contributed by atoms with E-state index in [1.54, 1.807) is 26.0 Å². The van der Waals surface area contributed by atoms with Crippen molar-refractivity contribution >= 4 is 29.7 Å². The minimum Gasteiger partial charge on any atom is -0.508 e. The first-order valence-electron chi connectivity index (χ1n) is 13.5. The molecule has 6 unspecified atom stereocenters. The summed E-state index contributed by atoms with van der Waals surface area (Å²) in [6.45, 7) is 7.45. The summed E-state index contributed by atoms with van der Waals surface area (Å²) in [5, 5.41) is 27.2. The van der Waals surface area contributed by atoms with Crippen molar-refractivity contribution in [3.8, 4) is 5.75 Å². The SMILES string of the molecule is CCC(C)C(NC(=O)C(NC(=O)C(Cc1ccc(O)cc1)NC(=O)C(N)CCCN=C(N)N)C(C)CC)C(=O)O. The minimum absolute atomic E-state index is 0.0411. The lowest BCUT2D eigenvalue weighted by Crippen LogP contribution is -2.59. The molecule has 3 amide bonds. The van der Waals surface area contributed by atoms with E-state index in [9.17, 15) is 29.4 Å². The number of aliphatic carboxylic acids is 1. The number of hydrogen-bond donors (Lipinski definition) is 8. The highest BCUT2D eigenvalue weighted by molar-refractivity contribution is 5.94. The molecule has 1 aromatic rings. The van der Waals surface area contributed by atoms with Gasteiger partial charge in [0.15, 0.2) is 5.96 Å². The quantitative estimate of drug-likeness (QED) is 0.0719. The molecular weight excluding hydrogens is 518 g/mol. The van der Waals surface area contributed by atoms with Gasteiger partial charge in [0.05, 0.1) is 6.04 Å². The molecule has 0 aliphatic carbocycles. The maximum atomic E-state index is 13.5. The van der Waals surface area contributed by atoms with Gasteiger partial charge in [0.2, 0.25) is 17.7 Å². The molecule has 40 heavy (non-hydrogen) atoms. The number of aliphatic imine (C=N–C) groups is 1. The minimum atomic E-state index is -1.16. The van der Waals surface area contributed by atoms with Gasteiger partial charge < -0.3 is 43.4 Å². The van der Waals surface area contributed by atoms with E-state index >= 15 is 0 Å². The molecule has 0 fully saturated rings. The Labute approximate surface area is 235 Å². The smallest absolute Gasteiger partial charge is 0.326 e. The number of rotatable bonds is 17. The number of nitrogens with zero attached hydrogens (tertiary/aromatic N) is 1. The van der Waals surface area contributed by atoms with E-state index in [0.717, 1.165) is 0 Å². The highest BCUT2D eigenvalue weighted by atomic mass is 16.4. The summed E-state index contributed by atoms with van der Waals surface area (Å²) >= 11 is 0. The Morgan fingerprint density at radius 2 is 1.43 bits per heavy atom. The van der Waals surface area contributed by atoms with E-state index < -0.39 is 47.9 Å². The zero-order valence-corrected chi connectivity index (χ0v) is 23.7. The van der Waals surface area contributed by atoms with Crippen LogP contribution >= 0.6 is 0 Å². The number of phenolic OH excluding ortho intramolecular Hbond substituents is 1. The van der Waals surface area contributed by atoms with Gasteiger partial charge in [-0.3, -0.25) is 19.4 Å². The van der Waals surface area contributed by atoms with Crippen LogP contribution in [0.15, 0.2) is 29.3 Å². The van der Waals surface area contributed by atoms with Gasteiger partial charge in [0, 0.05) is 13.0 Å². The summed E-state index contributed by atoms with van der Waals surface area (Å²) in [5.74, 6) is -3.68. The van der Waals surface area contributed by atoms with Crippen LogP contribution in [0.5, 0.6) is 5.75 Å². The normalized spacial score (nSPS) is 15.4. The molecule has 0 saturated heterocycles. The highest BCUT2D eigenvalue weighted by Crippen LogP contribution is 2.15. The number of nitrogens with one attached hydrogen (secondary N) is 3. The molecular formula is C27H45N7O6. The molecule has 0 bridgehead atoms. The number of carboxylic acid groups (broad SMARTS) is 1. The van der Waals surface area contributed by atoms with Crippen LogP contribution in [-0.2, 0) is 25.6 Å². The average molecular weight is 564 g/mol. The predicted molar refractivity (Wildman–Crippen MR) is 152 cm³/mol. The second-order valence-corrected chi connectivity index (χ2v) is 10.1. The van der Waals surface area contributed by atoms with Crippen LogP contribution in [0.25, 0.3) is 0 Å². The molecule has 1 aromatic carbocycles. The Hall–Kier alpha value is -3.87. The molecule has 0 heterocycles. The first-order valence-corrected chi connectivity index (χ1v) is 13.5. The second-order valence-electron chi connectivity index (χ2n) is 10.1. The molecule has 0 aliphatic heterocycles. The van der Waals surface area contributed by atoms with E-state index in [4.69, 9.17) is 17.2 Å². The van der Waals surface area contributed by atoms with Gasteiger partial charge in [0.25, 0.3) is 0 Å². The highest BCUT2D eigenvalue weighted by Gasteiger charge is 2.34. The summed E-state index contributed by atoms with van der Waals surface area (Å²) in [6.07, 6.45) is 1.82. The fraction of sp³-hybridized carbons (Fsp3) is 0.593. The first kappa shape index (κ1) is 34.2. The number of phenols is 1. The Kier molecular flexibility index (Phi) is 14.5.